The van der Waals surface area contributed by atoms with Gasteiger partial charge in [-0.05, 0) is 62.1 Å². The number of carbonyl (C=O) groups is 1. The third-order valence-electron chi connectivity index (χ3n) is 2.35. The number of carboxylic acids is 1. The van der Waals surface area contributed by atoms with Gasteiger partial charge in [-0.25, -0.2) is 4.79 Å². The number of thiophene rings is 1. The Morgan fingerprint density at radius 3 is 2.89 bits per heavy atom. The highest BCUT2D eigenvalue weighted by Gasteiger charge is 2.02. The van der Waals surface area contributed by atoms with E-state index in [0.29, 0.717) is 6.61 Å². The number of halogens is 1. The molecule has 0 fully saturated rings. The average molecular weight is 339 g/mol. The van der Waals surface area contributed by atoms with Crippen LogP contribution in [0.1, 0.15) is 11.1 Å². The number of aliphatic carboxylic acids is 1. The summed E-state index contributed by atoms with van der Waals surface area (Å²) in [6, 6.07) is 7.47. The van der Waals surface area contributed by atoms with Crippen molar-refractivity contribution in [2.24, 2.45) is 0 Å². The third kappa shape index (κ3) is 4.22. The molecule has 1 aromatic carbocycles. The van der Waals surface area contributed by atoms with Crippen molar-refractivity contribution in [3.63, 3.8) is 0 Å². The summed E-state index contributed by atoms with van der Waals surface area (Å²) in [6.07, 6.45) is 2.64. The van der Waals surface area contributed by atoms with E-state index in [1.165, 1.54) is 6.08 Å². The van der Waals surface area contributed by atoms with Gasteiger partial charge in [0.1, 0.15) is 12.4 Å². The highest BCUT2D eigenvalue weighted by atomic mass is 79.9. The van der Waals surface area contributed by atoms with Gasteiger partial charge in [0.15, 0.2) is 0 Å². The fraction of sp³-hybridized carbons (Fsp3) is 0.0714. The van der Waals surface area contributed by atoms with Crippen LogP contribution in [0.15, 0.2) is 45.6 Å². The summed E-state index contributed by atoms with van der Waals surface area (Å²) >= 11 is 5.05. The molecule has 5 heteroatoms. The Bertz CT molecular complexity index is 591. The van der Waals surface area contributed by atoms with E-state index in [-0.39, 0.29) is 0 Å². The first-order valence-electron chi connectivity index (χ1n) is 5.49. The maximum atomic E-state index is 10.4. The zero-order valence-corrected chi connectivity index (χ0v) is 12.3. The Morgan fingerprint density at radius 2 is 2.26 bits per heavy atom. The number of ether oxygens (including phenoxy) is 1. The molecule has 3 nitrogen and oxygen atoms in total. The molecule has 0 aliphatic rings. The third-order valence-corrected chi connectivity index (χ3v) is 3.70. The van der Waals surface area contributed by atoms with E-state index in [2.05, 4.69) is 15.9 Å². The lowest BCUT2D eigenvalue weighted by Crippen LogP contribution is -1.94. The second-order valence-electron chi connectivity index (χ2n) is 3.78. The van der Waals surface area contributed by atoms with Gasteiger partial charge in [-0.3, -0.25) is 0 Å². The molecule has 0 bridgehead atoms. The quantitative estimate of drug-likeness (QED) is 0.831. The van der Waals surface area contributed by atoms with Crippen LogP contribution in [-0.2, 0) is 11.4 Å². The highest BCUT2D eigenvalue weighted by molar-refractivity contribution is 9.10. The molecular weight excluding hydrogens is 328 g/mol. The fourth-order valence-corrected chi connectivity index (χ4v) is 2.61. The Labute approximate surface area is 123 Å². The maximum Gasteiger partial charge on any atom is 0.328 e. The van der Waals surface area contributed by atoms with E-state index in [0.717, 1.165) is 27.4 Å². The molecule has 1 N–H and O–H groups in total. The van der Waals surface area contributed by atoms with Crippen molar-refractivity contribution >= 4 is 39.3 Å². The summed E-state index contributed by atoms with van der Waals surface area (Å²) in [6.45, 7) is 0.520. The van der Waals surface area contributed by atoms with E-state index in [9.17, 15) is 4.79 Å². The van der Waals surface area contributed by atoms with Crippen molar-refractivity contribution in [1.82, 2.24) is 0 Å². The molecule has 19 heavy (non-hydrogen) atoms. The molecule has 0 saturated carbocycles. The van der Waals surface area contributed by atoms with Crippen LogP contribution in [0.5, 0.6) is 5.75 Å². The second kappa shape index (κ2) is 6.54. The molecule has 0 radical (unpaired) electrons. The summed E-state index contributed by atoms with van der Waals surface area (Å²) in [7, 11) is 0. The molecule has 0 aliphatic heterocycles. The lowest BCUT2D eigenvalue weighted by molar-refractivity contribution is -0.131. The molecule has 2 aromatic rings. The predicted molar refractivity (Wildman–Crippen MR) is 79.5 cm³/mol. The molecule has 0 unspecified atom stereocenters. The molecular formula is C14H11BrO3S. The molecule has 2 rings (SSSR count). The van der Waals surface area contributed by atoms with E-state index >= 15 is 0 Å². The van der Waals surface area contributed by atoms with Gasteiger partial charge in [0.25, 0.3) is 0 Å². The van der Waals surface area contributed by atoms with Crippen LogP contribution in [-0.4, -0.2) is 11.1 Å². The molecule has 1 heterocycles. The Hall–Kier alpha value is -1.59. The van der Waals surface area contributed by atoms with Gasteiger partial charge >= 0.3 is 5.97 Å². The number of rotatable bonds is 5. The largest absolute Gasteiger partial charge is 0.488 e. The number of hydrogen-bond acceptors (Lipinski definition) is 3. The van der Waals surface area contributed by atoms with Crippen LogP contribution < -0.4 is 4.74 Å². The zero-order valence-electron chi connectivity index (χ0n) is 9.88. The van der Waals surface area contributed by atoms with Gasteiger partial charge in [-0.1, -0.05) is 6.07 Å². The predicted octanol–water partition coefficient (Wildman–Crippen LogP) is 4.19. The Morgan fingerprint density at radius 1 is 1.42 bits per heavy atom. The minimum Gasteiger partial charge on any atom is -0.488 e. The molecule has 0 saturated heterocycles. The van der Waals surface area contributed by atoms with Gasteiger partial charge in [0.05, 0.1) is 4.47 Å². The van der Waals surface area contributed by atoms with Crippen LogP contribution in [0, 0.1) is 0 Å². The summed E-state index contributed by atoms with van der Waals surface area (Å²) in [5.74, 6) is -0.229. The topological polar surface area (TPSA) is 46.5 Å². The molecule has 1 aromatic heterocycles. The van der Waals surface area contributed by atoms with E-state index < -0.39 is 5.97 Å². The van der Waals surface area contributed by atoms with E-state index in [1.54, 1.807) is 11.3 Å². The number of hydrogen-bond donors (Lipinski definition) is 1. The van der Waals surface area contributed by atoms with Gasteiger partial charge in [0.2, 0.25) is 0 Å². The smallest absolute Gasteiger partial charge is 0.328 e. The van der Waals surface area contributed by atoms with Crippen LogP contribution in [0.3, 0.4) is 0 Å². The lowest BCUT2D eigenvalue weighted by atomic mass is 10.2. The summed E-state index contributed by atoms with van der Waals surface area (Å²) < 4.78 is 6.48. The number of carboxylic acid groups (broad SMARTS) is 1. The maximum absolute atomic E-state index is 10.4. The monoisotopic (exact) mass is 338 g/mol. The Kier molecular flexibility index (Phi) is 4.76. The second-order valence-corrected chi connectivity index (χ2v) is 5.42. The minimum atomic E-state index is -0.964. The standard InChI is InChI=1S/C14H11BrO3S/c15-12-7-10(2-4-14(16)17)1-3-13(12)18-8-11-5-6-19-9-11/h1-7,9H,8H2,(H,16,17)/b4-2+. The Balaban J connectivity index is 2.04. The van der Waals surface area contributed by atoms with Crippen LogP contribution >= 0.6 is 27.3 Å². The summed E-state index contributed by atoms with van der Waals surface area (Å²) in [4.78, 5) is 10.4. The minimum absolute atomic E-state index is 0.520. The van der Waals surface area contributed by atoms with Crippen molar-refractivity contribution in [2.75, 3.05) is 0 Å². The molecule has 0 amide bonds. The van der Waals surface area contributed by atoms with Crippen LogP contribution in [0.25, 0.3) is 6.08 Å². The summed E-state index contributed by atoms with van der Waals surface area (Å²) in [5.41, 5.74) is 1.93. The van der Waals surface area contributed by atoms with Gasteiger partial charge in [-0.2, -0.15) is 11.3 Å². The molecule has 98 valence electrons. The number of benzene rings is 1. The molecule has 0 aliphatic carbocycles. The van der Waals surface area contributed by atoms with Gasteiger partial charge in [0, 0.05) is 6.08 Å². The van der Waals surface area contributed by atoms with Crippen molar-refractivity contribution < 1.29 is 14.6 Å². The van der Waals surface area contributed by atoms with Crippen molar-refractivity contribution in [1.29, 1.82) is 0 Å². The molecule has 0 atom stereocenters. The van der Waals surface area contributed by atoms with E-state index in [1.807, 2.05) is 35.0 Å². The van der Waals surface area contributed by atoms with Gasteiger partial charge < -0.3 is 9.84 Å². The van der Waals surface area contributed by atoms with Crippen LogP contribution in [0.4, 0.5) is 0 Å². The first-order valence-corrected chi connectivity index (χ1v) is 7.23. The first kappa shape index (κ1) is 13.8. The lowest BCUT2D eigenvalue weighted by Gasteiger charge is -2.07. The van der Waals surface area contributed by atoms with Gasteiger partial charge in [-0.15, -0.1) is 0 Å². The van der Waals surface area contributed by atoms with Crippen molar-refractivity contribution in [3.05, 3.63) is 56.7 Å². The normalized spacial score (nSPS) is 10.8. The van der Waals surface area contributed by atoms with Crippen LogP contribution in [0.2, 0.25) is 0 Å². The average Bonchev–Trinajstić information content (AvgIpc) is 2.88. The van der Waals surface area contributed by atoms with E-state index in [4.69, 9.17) is 9.84 Å². The van der Waals surface area contributed by atoms with Crippen molar-refractivity contribution in [2.45, 2.75) is 6.61 Å². The molecule has 0 spiro atoms. The zero-order chi connectivity index (χ0) is 13.7. The SMILES string of the molecule is O=C(O)/C=C/c1ccc(OCc2ccsc2)c(Br)c1. The summed E-state index contributed by atoms with van der Waals surface area (Å²) in [5, 5.41) is 12.6. The fourth-order valence-electron chi connectivity index (χ4n) is 1.44. The van der Waals surface area contributed by atoms with Crippen molar-refractivity contribution in [3.8, 4) is 5.75 Å². The highest BCUT2D eigenvalue weighted by Crippen LogP contribution is 2.27. The first-order chi connectivity index (χ1) is 9.15.